The Morgan fingerprint density at radius 2 is 1.70 bits per heavy atom. The maximum absolute atomic E-state index is 4.47. The molecule has 1 aromatic heterocycles. The molecule has 0 spiro atoms. The molecule has 2 rings (SSSR count). The molecule has 3 atom stereocenters. The Morgan fingerprint density at radius 3 is 2.30 bits per heavy atom. The number of rotatable bonds is 4. The van der Waals surface area contributed by atoms with Crippen LogP contribution in [0.5, 0.6) is 0 Å². The van der Waals surface area contributed by atoms with Crippen LogP contribution in [0.3, 0.4) is 0 Å². The largest absolute Gasteiger partial charge is 0.357 e. The Balaban J connectivity index is 2.10. The van der Waals surface area contributed by atoms with Crippen molar-refractivity contribution in [2.45, 2.75) is 39.2 Å². The normalized spacial score (nSPS) is 26.1. The molecular weight excluding hydrogens is 252 g/mol. The summed E-state index contributed by atoms with van der Waals surface area (Å²) < 4.78 is 0. The fourth-order valence-corrected chi connectivity index (χ4v) is 2.60. The summed E-state index contributed by atoms with van der Waals surface area (Å²) in [5, 5.41) is 6.46. The molecule has 3 unspecified atom stereocenters. The quantitative estimate of drug-likeness (QED) is 0.880. The minimum absolute atomic E-state index is 0.461. The van der Waals surface area contributed by atoms with Gasteiger partial charge in [-0.25, -0.2) is 0 Å². The van der Waals surface area contributed by atoms with Gasteiger partial charge in [-0.1, -0.05) is 13.8 Å². The molecule has 20 heavy (non-hydrogen) atoms. The molecule has 1 heterocycles. The second-order valence-corrected chi connectivity index (χ2v) is 6.04. The minimum Gasteiger partial charge on any atom is -0.357 e. The second kappa shape index (κ2) is 6.24. The molecule has 2 N–H and O–H groups in total. The summed E-state index contributed by atoms with van der Waals surface area (Å²) in [6.45, 7) is 4.67. The van der Waals surface area contributed by atoms with Crippen molar-refractivity contribution < 1.29 is 0 Å². The number of nitrogens with zero attached hydrogens (tertiary/aromatic N) is 4. The Bertz CT molecular complexity index is 447. The highest BCUT2D eigenvalue weighted by molar-refractivity contribution is 5.43. The fourth-order valence-electron chi connectivity index (χ4n) is 2.60. The first-order valence-electron chi connectivity index (χ1n) is 7.37. The van der Waals surface area contributed by atoms with Gasteiger partial charge >= 0.3 is 0 Å². The number of aromatic nitrogens is 3. The summed E-state index contributed by atoms with van der Waals surface area (Å²) in [5.41, 5.74) is 0. The van der Waals surface area contributed by atoms with Gasteiger partial charge in [0.05, 0.1) is 0 Å². The molecule has 6 heteroatoms. The molecule has 0 aliphatic heterocycles. The molecule has 0 aromatic carbocycles. The van der Waals surface area contributed by atoms with Gasteiger partial charge in [-0.2, -0.15) is 15.0 Å². The molecule has 0 bridgehead atoms. The fraction of sp³-hybridized carbons (Fsp3) is 0.786. The van der Waals surface area contributed by atoms with E-state index >= 15 is 0 Å². The molecule has 0 radical (unpaired) electrons. The van der Waals surface area contributed by atoms with Crippen LogP contribution in [0.25, 0.3) is 0 Å². The van der Waals surface area contributed by atoms with Gasteiger partial charge in [-0.15, -0.1) is 0 Å². The van der Waals surface area contributed by atoms with Crippen molar-refractivity contribution in [2.75, 3.05) is 36.7 Å². The zero-order valence-electron chi connectivity index (χ0n) is 13.1. The summed E-state index contributed by atoms with van der Waals surface area (Å²) in [6.07, 6.45) is 3.63. The van der Waals surface area contributed by atoms with Crippen molar-refractivity contribution in [3.8, 4) is 0 Å². The van der Waals surface area contributed by atoms with Gasteiger partial charge in [0.25, 0.3) is 0 Å². The van der Waals surface area contributed by atoms with Crippen molar-refractivity contribution in [3.63, 3.8) is 0 Å². The molecular formula is C14H26N6. The molecule has 1 aliphatic carbocycles. The van der Waals surface area contributed by atoms with Crippen LogP contribution in [0.1, 0.15) is 33.1 Å². The lowest BCUT2D eigenvalue weighted by Crippen LogP contribution is -2.31. The lowest BCUT2D eigenvalue weighted by molar-refractivity contribution is 0.260. The molecule has 1 aromatic rings. The van der Waals surface area contributed by atoms with Crippen molar-refractivity contribution in [2.24, 2.45) is 11.8 Å². The van der Waals surface area contributed by atoms with Gasteiger partial charge in [0.2, 0.25) is 17.8 Å². The molecule has 1 aliphatic rings. The van der Waals surface area contributed by atoms with Crippen molar-refractivity contribution >= 4 is 17.8 Å². The van der Waals surface area contributed by atoms with E-state index in [0.717, 1.165) is 11.8 Å². The lowest BCUT2D eigenvalue weighted by atomic mass is 9.79. The highest BCUT2D eigenvalue weighted by atomic mass is 15.3. The zero-order chi connectivity index (χ0) is 14.7. The van der Waals surface area contributed by atoms with Crippen molar-refractivity contribution in [3.05, 3.63) is 0 Å². The second-order valence-electron chi connectivity index (χ2n) is 6.04. The zero-order valence-corrected chi connectivity index (χ0v) is 13.1. The van der Waals surface area contributed by atoms with Crippen molar-refractivity contribution in [1.82, 2.24) is 15.0 Å². The maximum atomic E-state index is 4.47. The van der Waals surface area contributed by atoms with E-state index < -0.39 is 0 Å². The molecule has 0 amide bonds. The van der Waals surface area contributed by atoms with E-state index in [2.05, 4.69) is 39.4 Å². The topological polar surface area (TPSA) is 66.0 Å². The molecule has 1 fully saturated rings. The smallest absolute Gasteiger partial charge is 0.231 e. The summed E-state index contributed by atoms with van der Waals surface area (Å²) in [4.78, 5) is 15.1. The third kappa shape index (κ3) is 3.49. The number of anilines is 3. The van der Waals surface area contributed by atoms with Gasteiger partial charge in [0, 0.05) is 27.2 Å². The first-order chi connectivity index (χ1) is 9.49. The van der Waals surface area contributed by atoms with Crippen LogP contribution in [-0.4, -0.2) is 42.1 Å². The average Bonchev–Trinajstić information content (AvgIpc) is 2.42. The Labute approximate surface area is 121 Å². The molecule has 0 saturated heterocycles. The van der Waals surface area contributed by atoms with Gasteiger partial charge in [0.15, 0.2) is 0 Å². The van der Waals surface area contributed by atoms with Crippen molar-refractivity contribution in [1.29, 1.82) is 0 Å². The van der Waals surface area contributed by atoms with E-state index in [1.807, 2.05) is 26.0 Å². The number of nitrogens with one attached hydrogen (secondary N) is 2. The predicted molar refractivity (Wildman–Crippen MR) is 83.3 cm³/mol. The van der Waals surface area contributed by atoms with Gasteiger partial charge in [0.1, 0.15) is 0 Å². The summed E-state index contributed by atoms with van der Waals surface area (Å²) in [7, 11) is 5.69. The first kappa shape index (κ1) is 14.8. The van der Waals surface area contributed by atoms with Gasteiger partial charge in [-0.3, -0.25) is 0 Å². The van der Waals surface area contributed by atoms with E-state index in [4.69, 9.17) is 0 Å². The molecule has 1 saturated carbocycles. The highest BCUT2D eigenvalue weighted by Crippen LogP contribution is 2.30. The number of hydrogen-bond donors (Lipinski definition) is 2. The highest BCUT2D eigenvalue weighted by Gasteiger charge is 2.25. The standard InChI is InChI=1S/C14H26N6/c1-9-6-7-11(8-10(9)2)16-13-17-12(15-3)18-14(19-13)20(4)5/h9-11H,6-8H2,1-5H3,(H2,15,16,17,18,19). The number of hydrogen-bond acceptors (Lipinski definition) is 6. The summed E-state index contributed by atoms with van der Waals surface area (Å²) >= 11 is 0. The van der Waals surface area contributed by atoms with E-state index in [-0.39, 0.29) is 0 Å². The van der Waals surface area contributed by atoms with Crippen LogP contribution in [-0.2, 0) is 0 Å². The van der Waals surface area contributed by atoms with Crippen LogP contribution in [0.15, 0.2) is 0 Å². The van der Waals surface area contributed by atoms with Gasteiger partial charge in [-0.05, 0) is 31.1 Å². The Morgan fingerprint density at radius 1 is 1.00 bits per heavy atom. The van der Waals surface area contributed by atoms with Crippen LogP contribution >= 0.6 is 0 Å². The Hall–Kier alpha value is -1.59. The molecule has 112 valence electrons. The third-order valence-corrected chi connectivity index (χ3v) is 4.18. The average molecular weight is 278 g/mol. The van der Waals surface area contributed by atoms with E-state index in [0.29, 0.717) is 23.9 Å². The van der Waals surface area contributed by atoms with E-state index in [9.17, 15) is 0 Å². The van der Waals surface area contributed by atoms with E-state index in [1.54, 1.807) is 0 Å². The summed E-state index contributed by atoms with van der Waals surface area (Å²) in [6, 6.07) is 0.461. The predicted octanol–water partition coefficient (Wildman–Crippen LogP) is 2.22. The SMILES string of the molecule is CNc1nc(NC2CCC(C)C(C)C2)nc(N(C)C)n1. The monoisotopic (exact) mass is 278 g/mol. The molecule has 6 nitrogen and oxygen atoms in total. The summed E-state index contributed by atoms with van der Waals surface area (Å²) in [5.74, 6) is 3.50. The maximum Gasteiger partial charge on any atom is 0.231 e. The minimum atomic E-state index is 0.461. The first-order valence-corrected chi connectivity index (χ1v) is 7.37. The van der Waals surface area contributed by atoms with Crippen LogP contribution in [0.4, 0.5) is 17.8 Å². The third-order valence-electron chi connectivity index (χ3n) is 4.18. The van der Waals surface area contributed by atoms with E-state index in [1.165, 1.54) is 19.3 Å². The lowest BCUT2D eigenvalue weighted by Gasteiger charge is -2.32. The van der Waals surface area contributed by atoms with Crippen LogP contribution in [0, 0.1) is 11.8 Å². The van der Waals surface area contributed by atoms with Crippen LogP contribution < -0.4 is 15.5 Å². The van der Waals surface area contributed by atoms with Gasteiger partial charge < -0.3 is 15.5 Å². The Kier molecular flexibility index (Phi) is 4.62. The van der Waals surface area contributed by atoms with Crippen LogP contribution in [0.2, 0.25) is 0 Å².